The monoisotopic (exact) mass is 529 g/mol. The van der Waals surface area contributed by atoms with E-state index < -0.39 is 11.9 Å². The van der Waals surface area contributed by atoms with E-state index in [-0.39, 0.29) is 18.5 Å². The lowest BCUT2D eigenvalue weighted by molar-refractivity contribution is -0.140. The second kappa shape index (κ2) is 9.80. The predicted molar refractivity (Wildman–Crippen MR) is 142 cm³/mol. The highest BCUT2D eigenvalue weighted by Gasteiger charge is 2.35. The van der Waals surface area contributed by atoms with Gasteiger partial charge in [-0.05, 0) is 55.9 Å². The normalized spacial score (nSPS) is 13.8. The number of rotatable bonds is 7. The summed E-state index contributed by atoms with van der Waals surface area (Å²) in [7, 11) is 0. The summed E-state index contributed by atoms with van der Waals surface area (Å²) in [6.45, 7) is 3.86. The number of imidazole rings is 1. The molecular formula is C30H26F3N5O. The van der Waals surface area contributed by atoms with Crippen molar-refractivity contribution in [2.45, 2.75) is 51.4 Å². The number of alkyl halides is 3. The fourth-order valence-electron chi connectivity index (χ4n) is 4.65. The smallest absolute Gasteiger partial charge is 0.434 e. The molecule has 3 aromatic heterocycles. The topological polar surface area (TPSA) is 65.7 Å². The van der Waals surface area contributed by atoms with E-state index in [4.69, 9.17) is 14.7 Å². The van der Waals surface area contributed by atoms with Gasteiger partial charge in [-0.3, -0.25) is 0 Å². The highest BCUT2D eigenvalue weighted by molar-refractivity contribution is 5.81. The van der Waals surface area contributed by atoms with Gasteiger partial charge in [-0.25, -0.2) is 15.0 Å². The molecule has 1 aliphatic rings. The number of ether oxygens (including phenoxy) is 1. The fraction of sp³-hybridized carbons (Fsp3) is 0.267. The standard InChI is InChI=1S/C30H26F3N5O/c1-18(2)38-16-25(30(31,32)33)36-28(38)21-11-9-19(10-12-21)17-39-29-26-24(8-5-15-34-26)35-27(37-29)23-7-4-3-6-22(23)20-13-14-20/h3-12,15-16,18,20H,13-14,17H2,1-2H3. The third-order valence-corrected chi connectivity index (χ3v) is 6.81. The molecule has 2 aromatic carbocycles. The Bertz CT molecular complexity index is 1640. The molecule has 0 aliphatic heterocycles. The van der Waals surface area contributed by atoms with Crippen LogP contribution in [0.4, 0.5) is 13.2 Å². The molecule has 6 rings (SSSR count). The Morgan fingerprint density at radius 2 is 1.72 bits per heavy atom. The molecule has 0 amide bonds. The van der Waals surface area contributed by atoms with E-state index in [9.17, 15) is 13.2 Å². The van der Waals surface area contributed by atoms with E-state index >= 15 is 0 Å². The van der Waals surface area contributed by atoms with Crippen LogP contribution in [0.25, 0.3) is 33.8 Å². The molecule has 0 bridgehead atoms. The number of hydrogen-bond donors (Lipinski definition) is 0. The highest BCUT2D eigenvalue weighted by atomic mass is 19.4. The molecule has 1 fully saturated rings. The van der Waals surface area contributed by atoms with Gasteiger partial charge in [0.1, 0.15) is 12.4 Å². The molecule has 5 aromatic rings. The van der Waals surface area contributed by atoms with Crippen LogP contribution in [0.5, 0.6) is 5.88 Å². The fourth-order valence-corrected chi connectivity index (χ4v) is 4.65. The molecule has 198 valence electrons. The Labute approximate surface area is 223 Å². The van der Waals surface area contributed by atoms with Crippen LogP contribution in [0, 0.1) is 0 Å². The van der Waals surface area contributed by atoms with Crippen LogP contribution in [-0.4, -0.2) is 24.5 Å². The first-order valence-electron chi connectivity index (χ1n) is 12.9. The lowest BCUT2D eigenvalue weighted by Gasteiger charge is -2.13. The zero-order valence-corrected chi connectivity index (χ0v) is 21.5. The minimum Gasteiger partial charge on any atom is -0.471 e. The quantitative estimate of drug-likeness (QED) is 0.217. The number of nitrogens with zero attached hydrogens (tertiary/aromatic N) is 5. The lowest BCUT2D eigenvalue weighted by atomic mass is 10.0. The van der Waals surface area contributed by atoms with Crippen LogP contribution in [0.1, 0.15) is 55.5 Å². The van der Waals surface area contributed by atoms with Gasteiger partial charge in [0.15, 0.2) is 17.0 Å². The Hall–Kier alpha value is -4.27. The van der Waals surface area contributed by atoms with Gasteiger partial charge < -0.3 is 9.30 Å². The SMILES string of the molecule is CC(C)n1cc(C(F)(F)F)nc1-c1ccc(COc2nc(-c3ccccc3C3CC3)nc3cccnc23)cc1. The second-order valence-electron chi connectivity index (χ2n) is 10.0. The summed E-state index contributed by atoms with van der Waals surface area (Å²) in [6, 6.07) is 18.9. The average molecular weight is 530 g/mol. The summed E-state index contributed by atoms with van der Waals surface area (Å²) in [5, 5.41) is 0. The second-order valence-corrected chi connectivity index (χ2v) is 10.0. The highest BCUT2D eigenvalue weighted by Crippen LogP contribution is 2.44. The molecule has 0 N–H and O–H groups in total. The van der Waals surface area contributed by atoms with Gasteiger partial charge in [-0.2, -0.15) is 18.2 Å². The van der Waals surface area contributed by atoms with Gasteiger partial charge in [0.05, 0.1) is 5.52 Å². The summed E-state index contributed by atoms with van der Waals surface area (Å²) in [5.74, 6) is 1.80. The zero-order valence-electron chi connectivity index (χ0n) is 21.5. The van der Waals surface area contributed by atoms with Crippen LogP contribution < -0.4 is 4.74 Å². The number of aromatic nitrogens is 5. The van der Waals surface area contributed by atoms with Crippen molar-refractivity contribution in [2.75, 3.05) is 0 Å². The third-order valence-electron chi connectivity index (χ3n) is 6.81. The van der Waals surface area contributed by atoms with Crippen molar-refractivity contribution in [2.24, 2.45) is 0 Å². The van der Waals surface area contributed by atoms with Gasteiger partial charge in [0, 0.05) is 29.6 Å². The van der Waals surface area contributed by atoms with Gasteiger partial charge in [-0.15, -0.1) is 0 Å². The first kappa shape index (κ1) is 25.0. The summed E-state index contributed by atoms with van der Waals surface area (Å²) in [6.07, 6.45) is 0.566. The summed E-state index contributed by atoms with van der Waals surface area (Å²) >= 11 is 0. The Morgan fingerprint density at radius 1 is 0.949 bits per heavy atom. The molecular weight excluding hydrogens is 503 g/mol. The van der Waals surface area contributed by atoms with Gasteiger partial charge in [0.25, 0.3) is 0 Å². The maximum atomic E-state index is 13.3. The maximum absolute atomic E-state index is 13.3. The number of hydrogen-bond acceptors (Lipinski definition) is 5. The van der Waals surface area contributed by atoms with Crippen LogP contribution in [0.15, 0.2) is 73.1 Å². The summed E-state index contributed by atoms with van der Waals surface area (Å²) in [5.41, 5.74) is 4.03. The van der Waals surface area contributed by atoms with Gasteiger partial charge in [0.2, 0.25) is 5.88 Å². The molecule has 1 saturated carbocycles. The van der Waals surface area contributed by atoms with E-state index in [0.717, 1.165) is 17.3 Å². The van der Waals surface area contributed by atoms with Crippen LogP contribution >= 0.6 is 0 Å². The minimum absolute atomic E-state index is 0.176. The van der Waals surface area contributed by atoms with E-state index in [2.05, 4.69) is 16.0 Å². The Kier molecular flexibility index (Phi) is 6.29. The maximum Gasteiger partial charge on any atom is 0.434 e. The molecule has 0 unspecified atom stereocenters. The van der Waals surface area contributed by atoms with E-state index in [1.54, 1.807) is 18.3 Å². The lowest BCUT2D eigenvalue weighted by Crippen LogP contribution is -2.05. The largest absolute Gasteiger partial charge is 0.471 e. The average Bonchev–Trinajstić information content (AvgIpc) is 3.67. The van der Waals surface area contributed by atoms with Crippen molar-refractivity contribution in [3.63, 3.8) is 0 Å². The molecule has 0 radical (unpaired) electrons. The molecule has 0 spiro atoms. The van der Waals surface area contributed by atoms with Crippen molar-refractivity contribution in [1.29, 1.82) is 0 Å². The van der Waals surface area contributed by atoms with Crippen molar-refractivity contribution < 1.29 is 17.9 Å². The Balaban J connectivity index is 1.28. The van der Waals surface area contributed by atoms with Crippen LogP contribution in [0.2, 0.25) is 0 Å². The molecule has 3 heterocycles. The van der Waals surface area contributed by atoms with E-state index in [0.29, 0.717) is 34.2 Å². The molecule has 6 nitrogen and oxygen atoms in total. The number of halogens is 3. The summed E-state index contributed by atoms with van der Waals surface area (Å²) < 4.78 is 47.6. The van der Waals surface area contributed by atoms with Crippen molar-refractivity contribution in [3.05, 3.63) is 89.9 Å². The van der Waals surface area contributed by atoms with Gasteiger partial charge >= 0.3 is 6.18 Å². The van der Waals surface area contributed by atoms with Crippen molar-refractivity contribution in [1.82, 2.24) is 24.5 Å². The molecule has 0 atom stereocenters. The first-order valence-corrected chi connectivity index (χ1v) is 12.9. The number of benzene rings is 2. The zero-order chi connectivity index (χ0) is 27.1. The van der Waals surface area contributed by atoms with E-state index in [1.807, 2.05) is 56.3 Å². The predicted octanol–water partition coefficient (Wildman–Crippen LogP) is 7.61. The summed E-state index contributed by atoms with van der Waals surface area (Å²) in [4.78, 5) is 17.9. The molecule has 9 heteroatoms. The molecule has 0 saturated heterocycles. The van der Waals surface area contributed by atoms with Crippen LogP contribution in [0.3, 0.4) is 0 Å². The van der Waals surface area contributed by atoms with Gasteiger partial charge in [-0.1, -0.05) is 48.5 Å². The number of fused-ring (bicyclic) bond motifs is 1. The first-order chi connectivity index (χ1) is 18.8. The molecule has 1 aliphatic carbocycles. The van der Waals surface area contributed by atoms with E-state index in [1.165, 1.54) is 23.0 Å². The van der Waals surface area contributed by atoms with Crippen molar-refractivity contribution in [3.8, 4) is 28.7 Å². The van der Waals surface area contributed by atoms with Crippen molar-refractivity contribution >= 4 is 11.0 Å². The number of pyridine rings is 1. The Morgan fingerprint density at radius 3 is 2.44 bits per heavy atom. The van der Waals surface area contributed by atoms with Crippen LogP contribution in [-0.2, 0) is 12.8 Å². The minimum atomic E-state index is -4.50. The third kappa shape index (κ3) is 5.08. The molecule has 39 heavy (non-hydrogen) atoms.